The lowest BCUT2D eigenvalue weighted by atomic mass is 10.1. The van der Waals surface area contributed by atoms with Gasteiger partial charge in [-0.15, -0.1) is 0 Å². The van der Waals surface area contributed by atoms with Crippen LogP contribution in [0.3, 0.4) is 0 Å². The maximum atomic E-state index is 12.6. The van der Waals surface area contributed by atoms with Crippen LogP contribution in [0, 0.1) is 13.8 Å². The standard InChI is InChI=1S/C20H17NO4/c1-12-4-9-18-16(10-12)17(11-13(2)21-18)20(23)25-15-7-5-14(6-8-15)19(22)24-3/h4-11H,1-3H3. The van der Waals surface area contributed by atoms with E-state index in [4.69, 9.17) is 4.74 Å². The van der Waals surface area contributed by atoms with Crippen molar-refractivity contribution in [3.63, 3.8) is 0 Å². The number of ether oxygens (including phenoxy) is 2. The minimum atomic E-state index is -0.466. The molecule has 0 amide bonds. The molecular formula is C20H17NO4. The molecule has 0 radical (unpaired) electrons. The second-order valence-electron chi connectivity index (χ2n) is 5.74. The van der Waals surface area contributed by atoms with Gasteiger partial charge in [0, 0.05) is 11.1 Å². The lowest BCUT2D eigenvalue weighted by Gasteiger charge is -2.09. The lowest BCUT2D eigenvalue weighted by molar-refractivity contribution is 0.0600. The van der Waals surface area contributed by atoms with Crippen LogP contribution in [-0.2, 0) is 4.74 Å². The zero-order valence-corrected chi connectivity index (χ0v) is 14.2. The number of carbonyl (C=O) groups is 2. The van der Waals surface area contributed by atoms with Crippen LogP contribution in [0.5, 0.6) is 5.75 Å². The summed E-state index contributed by atoms with van der Waals surface area (Å²) in [7, 11) is 1.31. The van der Waals surface area contributed by atoms with E-state index in [2.05, 4.69) is 9.72 Å². The van der Waals surface area contributed by atoms with E-state index in [-0.39, 0.29) is 0 Å². The summed E-state index contributed by atoms with van der Waals surface area (Å²) in [6.45, 7) is 3.79. The topological polar surface area (TPSA) is 65.5 Å². The van der Waals surface area contributed by atoms with Gasteiger partial charge in [0.05, 0.1) is 23.8 Å². The third-order valence-corrected chi connectivity index (χ3v) is 3.80. The fourth-order valence-electron chi connectivity index (χ4n) is 2.58. The van der Waals surface area contributed by atoms with E-state index in [1.807, 2.05) is 32.0 Å². The minimum absolute atomic E-state index is 0.355. The van der Waals surface area contributed by atoms with Gasteiger partial charge in [0.2, 0.25) is 0 Å². The van der Waals surface area contributed by atoms with Crippen LogP contribution in [0.15, 0.2) is 48.5 Å². The summed E-state index contributed by atoms with van der Waals surface area (Å²) < 4.78 is 10.1. The zero-order chi connectivity index (χ0) is 18.0. The molecule has 3 rings (SSSR count). The molecule has 0 N–H and O–H groups in total. The van der Waals surface area contributed by atoms with Gasteiger partial charge in [-0.3, -0.25) is 4.98 Å². The van der Waals surface area contributed by atoms with Crippen LogP contribution in [0.1, 0.15) is 32.0 Å². The lowest BCUT2D eigenvalue weighted by Crippen LogP contribution is -2.10. The Bertz CT molecular complexity index is 961. The van der Waals surface area contributed by atoms with Crippen molar-refractivity contribution in [3.8, 4) is 5.75 Å². The third kappa shape index (κ3) is 3.50. The molecule has 0 saturated heterocycles. The largest absolute Gasteiger partial charge is 0.465 e. The predicted molar refractivity (Wildman–Crippen MR) is 94.0 cm³/mol. The van der Waals surface area contributed by atoms with Gasteiger partial charge in [-0.05, 0) is 56.3 Å². The Hall–Kier alpha value is -3.21. The van der Waals surface area contributed by atoms with Gasteiger partial charge >= 0.3 is 11.9 Å². The highest BCUT2D eigenvalue weighted by molar-refractivity contribution is 6.04. The monoisotopic (exact) mass is 335 g/mol. The zero-order valence-electron chi connectivity index (χ0n) is 14.2. The van der Waals surface area contributed by atoms with E-state index in [0.717, 1.165) is 22.2 Å². The molecule has 0 aliphatic rings. The van der Waals surface area contributed by atoms with Crippen molar-refractivity contribution in [2.75, 3.05) is 7.11 Å². The van der Waals surface area contributed by atoms with Crippen LogP contribution in [0.4, 0.5) is 0 Å². The van der Waals surface area contributed by atoms with E-state index in [1.54, 1.807) is 30.3 Å². The number of benzene rings is 2. The Morgan fingerprint density at radius 2 is 1.64 bits per heavy atom. The number of pyridine rings is 1. The number of hydrogen-bond acceptors (Lipinski definition) is 5. The van der Waals surface area contributed by atoms with Crippen LogP contribution in [0.2, 0.25) is 0 Å². The molecule has 2 aromatic carbocycles. The van der Waals surface area contributed by atoms with Crippen molar-refractivity contribution in [2.24, 2.45) is 0 Å². The number of nitrogens with zero attached hydrogens (tertiary/aromatic N) is 1. The Kier molecular flexibility index (Phi) is 4.48. The van der Waals surface area contributed by atoms with Crippen molar-refractivity contribution < 1.29 is 19.1 Å². The second-order valence-corrected chi connectivity index (χ2v) is 5.74. The second kappa shape index (κ2) is 6.73. The Morgan fingerprint density at radius 3 is 2.32 bits per heavy atom. The number of methoxy groups -OCH3 is 1. The SMILES string of the molecule is COC(=O)c1ccc(OC(=O)c2cc(C)nc3ccc(C)cc23)cc1. The van der Waals surface area contributed by atoms with E-state index in [1.165, 1.54) is 7.11 Å². The number of carbonyl (C=O) groups excluding carboxylic acids is 2. The minimum Gasteiger partial charge on any atom is -0.465 e. The number of esters is 2. The summed E-state index contributed by atoms with van der Waals surface area (Å²) in [6, 6.07) is 13.7. The van der Waals surface area contributed by atoms with Gasteiger partial charge in [-0.25, -0.2) is 9.59 Å². The first-order chi connectivity index (χ1) is 12.0. The average Bonchev–Trinajstić information content (AvgIpc) is 2.61. The molecule has 0 spiro atoms. The van der Waals surface area contributed by atoms with Gasteiger partial charge in [0.1, 0.15) is 5.75 Å². The van der Waals surface area contributed by atoms with E-state index in [0.29, 0.717) is 16.9 Å². The highest BCUT2D eigenvalue weighted by Crippen LogP contribution is 2.22. The summed E-state index contributed by atoms with van der Waals surface area (Å²) in [5.74, 6) is -0.552. The van der Waals surface area contributed by atoms with E-state index >= 15 is 0 Å². The van der Waals surface area contributed by atoms with Crippen molar-refractivity contribution in [2.45, 2.75) is 13.8 Å². The summed E-state index contributed by atoms with van der Waals surface area (Å²) in [4.78, 5) is 28.5. The highest BCUT2D eigenvalue weighted by atomic mass is 16.5. The highest BCUT2D eigenvalue weighted by Gasteiger charge is 2.15. The van der Waals surface area contributed by atoms with Crippen LogP contribution in [0.25, 0.3) is 10.9 Å². The number of hydrogen-bond donors (Lipinski definition) is 0. The molecule has 0 bridgehead atoms. The van der Waals surface area contributed by atoms with Gasteiger partial charge < -0.3 is 9.47 Å². The Labute approximate surface area is 145 Å². The van der Waals surface area contributed by atoms with Gasteiger partial charge in [0.15, 0.2) is 0 Å². The van der Waals surface area contributed by atoms with E-state index < -0.39 is 11.9 Å². The molecule has 0 aliphatic carbocycles. The molecule has 0 saturated carbocycles. The summed E-state index contributed by atoms with van der Waals surface area (Å²) in [5, 5.41) is 0.752. The van der Waals surface area contributed by atoms with Crippen LogP contribution >= 0.6 is 0 Å². The van der Waals surface area contributed by atoms with Gasteiger partial charge in [-0.2, -0.15) is 0 Å². The molecule has 1 aromatic heterocycles. The van der Waals surface area contributed by atoms with Crippen molar-refractivity contribution >= 4 is 22.8 Å². The summed E-state index contributed by atoms with van der Waals surface area (Å²) >= 11 is 0. The molecule has 1 heterocycles. The molecule has 25 heavy (non-hydrogen) atoms. The van der Waals surface area contributed by atoms with Crippen molar-refractivity contribution in [1.29, 1.82) is 0 Å². The molecule has 0 atom stereocenters. The molecule has 126 valence electrons. The third-order valence-electron chi connectivity index (χ3n) is 3.80. The fraction of sp³-hybridized carbons (Fsp3) is 0.150. The molecule has 0 fully saturated rings. The molecule has 5 heteroatoms. The summed E-state index contributed by atoms with van der Waals surface area (Å²) in [5.41, 5.74) is 3.38. The fourth-order valence-corrected chi connectivity index (χ4v) is 2.58. The average molecular weight is 335 g/mol. The summed E-state index contributed by atoms with van der Waals surface area (Å²) in [6.07, 6.45) is 0. The smallest absolute Gasteiger partial charge is 0.344 e. The van der Waals surface area contributed by atoms with Gasteiger partial charge in [-0.1, -0.05) is 11.6 Å². The number of fused-ring (bicyclic) bond motifs is 1. The van der Waals surface area contributed by atoms with Crippen LogP contribution in [-0.4, -0.2) is 24.0 Å². The Morgan fingerprint density at radius 1 is 0.920 bits per heavy atom. The van der Waals surface area contributed by atoms with E-state index in [9.17, 15) is 9.59 Å². The predicted octanol–water partition coefficient (Wildman–Crippen LogP) is 3.86. The first kappa shape index (κ1) is 16.6. The molecule has 0 unspecified atom stereocenters. The first-order valence-electron chi connectivity index (χ1n) is 7.76. The quantitative estimate of drug-likeness (QED) is 0.537. The maximum Gasteiger partial charge on any atom is 0.344 e. The molecule has 3 aromatic rings. The van der Waals surface area contributed by atoms with Crippen molar-refractivity contribution in [3.05, 3.63) is 70.9 Å². The molecule has 5 nitrogen and oxygen atoms in total. The number of aryl methyl sites for hydroxylation is 2. The molecular weight excluding hydrogens is 318 g/mol. The molecule has 0 aliphatic heterocycles. The number of rotatable bonds is 3. The Balaban J connectivity index is 1.92. The van der Waals surface area contributed by atoms with Crippen LogP contribution < -0.4 is 4.74 Å². The number of aromatic nitrogens is 1. The van der Waals surface area contributed by atoms with Crippen molar-refractivity contribution in [1.82, 2.24) is 4.98 Å². The maximum absolute atomic E-state index is 12.6. The van der Waals surface area contributed by atoms with Gasteiger partial charge in [0.25, 0.3) is 0 Å². The first-order valence-corrected chi connectivity index (χ1v) is 7.76. The normalized spacial score (nSPS) is 10.5.